The van der Waals surface area contributed by atoms with Crippen molar-refractivity contribution in [2.75, 3.05) is 19.6 Å². The molecule has 1 atom stereocenters. The summed E-state index contributed by atoms with van der Waals surface area (Å²) < 4.78 is 79.9. The number of nitrogens with zero attached hydrogens (tertiary/aromatic N) is 2. The number of halogens is 6. The third-order valence-corrected chi connectivity index (χ3v) is 5.58. The van der Waals surface area contributed by atoms with Crippen LogP contribution in [0.25, 0.3) is 0 Å². The molecule has 206 valence electrons. The number of alkyl halides is 3. The van der Waals surface area contributed by atoms with Crippen LogP contribution in [0.2, 0.25) is 0 Å². The van der Waals surface area contributed by atoms with Gasteiger partial charge in [-0.05, 0) is 24.1 Å². The monoisotopic (exact) mass is 541 g/mol. The first kappa shape index (κ1) is 30.4. The average Bonchev–Trinajstić information content (AvgIpc) is 2.87. The Labute approximate surface area is 217 Å². The molecule has 0 bridgehead atoms. The van der Waals surface area contributed by atoms with Crippen molar-refractivity contribution in [2.45, 2.75) is 39.4 Å². The summed E-state index contributed by atoms with van der Waals surface area (Å²) in [5, 5.41) is 18.2. The molecule has 1 aliphatic heterocycles. The molecule has 38 heavy (non-hydrogen) atoms. The van der Waals surface area contributed by atoms with E-state index >= 15 is 0 Å². The normalized spacial score (nSPS) is 15.0. The third-order valence-electron chi connectivity index (χ3n) is 5.58. The summed E-state index contributed by atoms with van der Waals surface area (Å²) >= 11 is 0. The lowest BCUT2D eigenvalue weighted by atomic mass is 10.0. The van der Waals surface area contributed by atoms with E-state index in [0.717, 1.165) is 16.5 Å². The van der Waals surface area contributed by atoms with Gasteiger partial charge in [0.2, 0.25) is 11.7 Å². The molecule has 0 spiro atoms. The lowest BCUT2D eigenvalue weighted by Crippen LogP contribution is -2.56. The molecule has 1 saturated heterocycles. The van der Waals surface area contributed by atoms with Crippen LogP contribution in [0, 0.1) is 28.3 Å². The van der Waals surface area contributed by atoms with Crippen molar-refractivity contribution in [1.82, 2.24) is 15.1 Å². The number of allylic oxidation sites excluding steroid dienone is 1. The molecule has 1 aliphatic rings. The number of hydrogen-bond acceptors (Lipinski definition) is 4. The molecule has 2 aromatic rings. The van der Waals surface area contributed by atoms with Crippen molar-refractivity contribution >= 4 is 17.6 Å². The Morgan fingerprint density at radius 3 is 2.24 bits per heavy atom. The van der Waals surface area contributed by atoms with Gasteiger partial charge in [0.15, 0.2) is 11.6 Å². The Bertz CT molecular complexity index is 1180. The van der Waals surface area contributed by atoms with Gasteiger partial charge in [0.25, 0.3) is 0 Å². The van der Waals surface area contributed by atoms with E-state index < -0.39 is 54.3 Å². The van der Waals surface area contributed by atoms with Crippen LogP contribution in [0.3, 0.4) is 0 Å². The number of carbonyl (C=O) groups excluding carboxylic acids is 1. The summed E-state index contributed by atoms with van der Waals surface area (Å²) in [6.45, 7) is 4.69. The van der Waals surface area contributed by atoms with Crippen LogP contribution in [0.15, 0.2) is 54.2 Å². The Morgan fingerprint density at radius 1 is 1.05 bits per heavy atom. The van der Waals surface area contributed by atoms with E-state index in [-0.39, 0.29) is 30.3 Å². The first-order chi connectivity index (χ1) is 17.9. The van der Waals surface area contributed by atoms with Gasteiger partial charge in [-0.1, -0.05) is 44.2 Å². The van der Waals surface area contributed by atoms with Crippen molar-refractivity contribution in [3.63, 3.8) is 0 Å². The van der Waals surface area contributed by atoms with Gasteiger partial charge >= 0.3 is 6.18 Å². The first-order valence-corrected chi connectivity index (χ1v) is 11.8. The first-order valence-electron chi connectivity index (χ1n) is 11.8. The molecule has 1 unspecified atom stereocenters. The summed E-state index contributed by atoms with van der Waals surface area (Å²) in [6.07, 6.45) is -4.14. The van der Waals surface area contributed by atoms with E-state index in [2.05, 4.69) is 5.32 Å². The average molecular weight is 542 g/mol. The SMILES string of the molecule is CC.CC(N/C(=C\C(=O)N1CCN(C(=N)C(F)(F)F)C(=N)C1)Cc1cc(F)c(F)cc1F)c1ccccc1. The van der Waals surface area contributed by atoms with E-state index in [4.69, 9.17) is 10.8 Å². The minimum absolute atomic E-state index is 0.151. The van der Waals surface area contributed by atoms with Crippen molar-refractivity contribution < 1.29 is 31.1 Å². The second kappa shape index (κ2) is 13.1. The maximum atomic E-state index is 14.3. The van der Waals surface area contributed by atoms with Gasteiger partial charge < -0.3 is 15.1 Å². The molecule has 1 amide bonds. The Balaban J connectivity index is 0.00000247. The number of amidine groups is 2. The van der Waals surface area contributed by atoms with Gasteiger partial charge in [-0.25, -0.2) is 13.2 Å². The molecule has 1 fully saturated rings. The van der Waals surface area contributed by atoms with Crippen LogP contribution in [0.4, 0.5) is 26.3 Å². The number of benzene rings is 2. The van der Waals surface area contributed by atoms with Gasteiger partial charge in [0.1, 0.15) is 11.7 Å². The predicted molar refractivity (Wildman–Crippen MR) is 132 cm³/mol. The lowest BCUT2D eigenvalue weighted by Gasteiger charge is -2.36. The summed E-state index contributed by atoms with van der Waals surface area (Å²) in [5.41, 5.74) is 0.762. The number of hydrogen-bond donors (Lipinski definition) is 3. The topological polar surface area (TPSA) is 83.3 Å². The molecule has 0 radical (unpaired) electrons. The van der Waals surface area contributed by atoms with Gasteiger partial charge in [-0.3, -0.25) is 15.6 Å². The molecular formula is C26H29F6N5O. The zero-order valence-corrected chi connectivity index (χ0v) is 21.1. The highest BCUT2D eigenvalue weighted by Crippen LogP contribution is 2.22. The fourth-order valence-corrected chi connectivity index (χ4v) is 3.68. The van der Waals surface area contributed by atoms with Crippen molar-refractivity contribution in [2.24, 2.45) is 0 Å². The second-order valence-corrected chi connectivity index (χ2v) is 8.19. The Hall–Kier alpha value is -3.83. The minimum atomic E-state index is -4.93. The van der Waals surface area contributed by atoms with Gasteiger partial charge in [-0.2, -0.15) is 13.2 Å². The number of nitrogens with one attached hydrogen (secondary N) is 3. The summed E-state index contributed by atoms with van der Waals surface area (Å²) in [7, 11) is 0. The smallest absolute Gasteiger partial charge is 0.381 e. The molecule has 0 saturated carbocycles. The molecule has 3 rings (SSSR count). The van der Waals surface area contributed by atoms with Crippen molar-refractivity contribution in [3.8, 4) is 0 Å². The standard InChI is InChI=1S/C24H23F6N5O.C2H6/c1-14(15-5-3-2-4-6-15)33-17(9-16-10-19(26)20(27)12-18(16)25)11-22(36)34-7-8-35(21(31)13-34)23(32)24(28,29)30;1-2/h2-6,10-12,14,31-33H,7-9,13H2,1H3;1-2H3/b17-11-,31-21?,32-23?;. The van der Waals surface area contributed by atoms with Crippen LogP contribution in [-0.2, 0) is 11.2 Å². The zero-order chi connectivity index (χ0) is 28.6. The Morgan fingerprint density at radius 2 is 1.66 bits per heavy atom. The largest absolute Gasteiger partial charge is 0.449 e. The Kier molecular flexibility index (Phi) is 10.5. The summed E-state index contributed by atoms with van der Waals surface area (Å²) in [6, 6.07) is 9.73. The molecule has 6 nitrogen and oxygen atoms in total. The van der Waals surface area contributed by atoms with Crippen LogP contribution in [0.1, 0.15) is 37.9 Å². The highest BCUT2D eigenvalue weighted by atomic mass is 19.4. The van der Waals surface area contributed by atoms with Crippen LogP contribution in [-0.4, -0.2) is 53.2 Å². The number of rotatable bonds is 6. The summed E-state index contributed by atoms with van der Waals surface area (Å²) in [4.78, 5) is 14.5. The highest BCUT2D eigenvalue weighted by Gasteiger charge is 2.41. The fourth-order valence-electron chi connectivity index (χ4n) is 3.68. The molecule has 1 heterocycles. The molecule has 0 aliphatic carbocycles. The highest BCUT2D eigenvalue weighted by molar-refractivity contribution is 6.03. The van der Waals surface area contributed by atoms with E-state index in [1.165, 1.54) is 0 Å². The van der Waals surface area contributed by atoms with Crippen molar-refractivity contribution in [3.05, 3.63) is 82.8 Å². The van der Waals surface area contributed by atoms with E-state index in [9.17, 15) is 31.1 Å². The van der Waals surface area contributed by atoms with E-state index in [1.54, 1.807) is 25.1 Å². The molecule has 0 aromatic heterocycles. The molecule has 2 aromatic carbocycles. The molecule has 12 heteroatoms. The van der Waals surface area contributed by atoms with Crippen LogP contribution >= 0.6 is 0 Å². The van der Waals surface area contributed by atoms with Gasteiger partial charge in [-0.15, -0.1) is 0 Å². The quantitative estimate of drug-likeness (QED) is 0.147. The summed E-state index contributed by atoms with van der Waals surface area (Å²) in [5.74, 6) is -6.58. The lowest BCUT2D eigenvalue weighted by molar-refractivity contribution is -0.126. The number of amides is 1. The maximum absolute atomic E-state index is 14.3. The second-order valence-electron chi connectivity index (χ2n) is 8.19. The van der Waals surface area contributed by atoms with Crippen LogP contribution in [0.5, 0.6) is 0 Å². The van der Waals surface area contributed by atoms with Crippen molar-refractivity contribution in [1.29, 1.82) is 10.8 Å². The van der Waals surface area contributed by atoms with E-state index in [1.807, 2.05) is 26.0 Å². The van der Waals surface area contributed by atoms with Gasteiger partial charge in [0, 0.05) is 43.4 Å². The predicted octanol–water partition coefficient (Wildman–Crippen LogP) is 5.57. The zero-order valence-electron chi connectivity index (χ0n) is 21.1. The fraction of sp³-hybridized carbons (Fsp3) is 0.346. The van der Waals surface area contributed by atoms with E-state index in [0.29, 0.717) is 17.0 Å². The minimum Gasteiger partial charge on any atom is -0.381 e. The maximum Gasteiger partial charge on any atom is 0.449 e. The van der Waals surface area contributed by atoms with Gasteiger partial charge in [0.05, 0.1) is 6.54 Å². The molecular weight excluding hydrogens is 512 g/mol. The third kappa shape index (κ3) is 7.83. The molecule has 3 N–H and O–H groups in total. The van der Waals surface area contributed by atoms with Crippen LogP contribution < -0.4 is 5.32 Å². The number of carbonyl (C=O) groups is 1. The number of piperazine rings is 1.